The molecule has 0 bridgehead atoms. The highest BCUT2D eigenvalue weighted by Crippen LogP contribution is 2.29. The molecule has 0 radical (unpaired) electrons. The standard InChI is InChI=1S/C10H13FN2O4/c1-5-3-13(10(16)12-9(5)15)8-2-6(11)7(4-14)17-8/h3,6-8,14H,2,4H2,1H3,(H,12,15,16)/t6-,7?,8?/m1/s1. The van der Waals surface area contributed by atoms with Crippen molar-refractivity contribution in [3.8, 4) is 0 Å². The second-order valence-corrected chi connectivity index (χ2v) is 4.04. The molecule has 2 heterocycles. The van der Waals surface area contributed by atoms with E-state index < -0.39 is 36.4 Å². The minimum Gasteiger partial charge on any atom is -0.394 e. The minimum atomic E-state index is -1.32. The van der Waals surface area contributed by atoms with E-state index in [2.05, 4.69) is 4.98 Å². The first-order valence-corrected chi connectivity index (χ1v) is 5.25. The lowest BCUT2D eigenvalue weighted by atomic mass is 10.2. The van der Waals surface area contributed by atoms with Crippen LogP contribution in [0.15, 0.2) is 15.8 Å². The monoisotopic (exact) mass is 244 g/mol. The number of aryl methyl sites for hydroxylation is 1. The van der Waals surface area contributed by atoms with Gasteiger partial charge in [-0.1, -0.05) is 0 Å². The summed E-state index contributed by atoms with van der Waals surface area (Å²) >= 11 is 0. The molecule has 7 heteroatoms. The van der Waals surface area contributed by atoms with Crippen LogP contribution in [0, 0.1) is 6.92 Å². The molecule has 1 aromatic rings. The van der Waals surface area contributed by atoms with Crippen LogP contribution in [0.3, 0.4) is 0 Å². The number of aromatic amines is 1. The predicted octanol–water partition coefficient (Wildman–Crippen LogP) is -0.537. The van der Waals surface area contributed by atoms with Crippen LogP contribution in [0.1, 0.15) is 18.2 Å². The molecule has 2 N–H and O–H groups in total. The number of halogens is 1. The lowest BCUT2D eigenvalue weighted by Crippen LogP contribution is -2.33. The van der Waals surface area contributed by atoms with Crippen LogP contribution in [0.5, 0.6) is 0 Å². The molecular formula is C10H13FN2O4. The first-order valence-electron chi connectivity index (χ1n) is 5.25. The van der Waals surface area contributed by atoms with Crippen molar-refractivity contribution in [2.75, 3.05) is 6.61 Å². The highest BCUT2D eigenvalue weighted by molar-refractivity contribution is 5.02. The average Bonchev–Trinajstić information content (AvgIpc) is 2.65. The number of ether oxygens (including phenoxy) is 1. The van der Waals surface area contributed by atoms with Crippen LogP contribution < -0.4 is 11.2 Å². The second kappa shape index (κ2) is 4.42. The van der Waals surface area contributed by atoms with Gasteiger partial charge in [-0.3, -0.25) is 14.3 Å². The van der Waals surface area contributed by atoms with E-state index in [0.29, 0.717) is 5.56 Å². The largest absolute Gasteiger partial charge is 0.394 e. The van der Waals surface area contributed by atoms with E-state index in [4.69, 9.17) is 9.84 Å². The lowest BCUT2D eigenvalue weighted by molar-refractivity contribution is -0.0356. The van der Waals surface area contributed by atoms with Crippen molar-refractivity contribution in [1.29, 1.82) is 0 Å². The maximum atomic E-state index is 13.4. The Morgan fingerprint density at radius 2 is 2.35 bits per heavy atom. The number of nitrogens with one attached hydrogen (secondary N) is 1. The number of aliphatic hydroxyl groups is 1. The van der Waals surface area contributed by atoms with Crippen molar-refractivity contribution >= 4 is 0 Å². The maximum Gasteiger partial charge on any atom is 0.330 e. The van der Waals surface area contributed by atoms with Gasteiger partial charge >= 0.3 is 5.69 Å². The van der Waals surface area contributed by atoms with Gasteiger partial charge in [0.25, 0.3) is 5.56 Å². The molecule has 6 nitrogen and oxygen atoms in total. The van der Waals surface area contributed by atoms with E-state index in [1.54, 1.807) is 6.92 Å². The van der Waals surface area contributed by atoms with Gasteiger partial charge in [-0.25, -0.2) is 9.18 Å². The van der Waals surface area contributed by atoms with E-state index in [1.165, 1.54) is 6.20 Å². The van der Waals surface area contributed by atoms with Gasteiger partial charge in [0.15, 0.2) is 0 Å². The van der Waals surface area contributed by atoms with Crippen molar-refractivity contribution in [3.63, 3.8) is 0 Å². The Balaban J connectivity index is 2.34. The summed E-state index contributed by atoms with van der Waals surface area (Å²) in [7, 11) is 0. The smallest absolute Gasteiger partial charge is 0.330 e. The summed E-state index contributed by atoms with van der Waals surface area (Å²) in [6.07, 6.45) is -1.71. The van der Waals surface area contributed by atoms with Gasteiger partial charge in [0.1, 0.15) is 18.5 Å². The maximum absolute atomic E-state index is 13.4. The molecule has 94 valence electrons. The molecule has 17 heavy (non-hydrogen) atoms. The summed E-state index contributed by atoms with van der Waals surface area (Å²) in [6.45, 7) is 1.11. The molecule has 3 atom stereocenters. The van der Waals surface area contributed by atoms with Gasteiger partial charge in [0, 0.05) is 18.2 Å². The molecule has 1 fully saturated rings. The third kappa shape index (κ3) is 2.16. The number of alkyl halides is 1. The van der Waals surface area contributed by atoms with E-state index in [-0.39, 0.29) is 6.42 Å². The molecule has 0 aromatic carbocycles. The lowest BCUT2D eigenvalue weighted by Gasteiger charge is -2.14. The van der Waals surface area contributed by atoms with Gasteiger partial charge < -0.3 is 9.84 Å². The topological polar surface area (TPSA) is 84.3 Å². The van der Waals surface area contributed by atoms with Crippen LogP contribution in [-0.2, 0) is 4.74 Å². The summed E-state index contributed by atoms with van der Waals surface area (Å²) in [6, 6.07) is 0. The summed E-state index contributed by atoms with van der Waals surface area (Å²) in [5, 5.41) is 8.86. The third-order valence-corrected chi connectivity index (χ3v) is 2.80. The molecule has 1 aliphatic heterocycles. The minimum absolute atomic E-state index is 0.0172. The van der Waals surface area contributed by atoms with Crippen LogP contribution in [0.2, 0.25) is 0 Å². The van der Waals surface area contributed by atoms with Crippen molar-refractivity contribution in [1.82, 2.24) is 9.55 Å². The first kappa shape index (κ1) is 12.0. The summed E-state index contributed by atoms with van der Waals surface area (Å²) in [5.41, 5.74) is -0.771. The SMILES string of the molecule is Cc1cn(C2C[C@@H](F)C(CO)O2)c(=O)[nH]c1=O. The van der Waals surface area contributed by atoms with Crippen molar-refractivity contribution in [2.24, 2.45) is 0 Å². The number of aromatic nitrogens is 2. The molecule has 1 saturated heterocycles. The molecule has 1 aliphatic rings. The summed E-state index contributed by atoms with van der Waals surface area (Å²) < 4.78 is 19.7. The zero-order valence-electron chi connectivity index (χ0n) is 9.22. The van der Waals surface area contributed by atoms with Gasteiger partial charge in [-0.15, -0.1) is 0 Å². The average molecular weight is 244 g/mol. The van der Waals surface area contributed by atoms with Crippen LogP contribution in [0.4, 0.5) is 4.39 Å². The number of aliphatic hydroxyl groups excluding tert-OH is 1. The zero-order chi connectivity index (χ0) is 12.6. The van der Waals surface area contributed by atoms with Gasteiger partial charge in [0.2, 0.25) is 0 Å². The van der Waals surface area contributed by atoms with Crippen LogP contribution >= 0.6 is 0 Å². The van der Waals surface area contributed by atoms with E-state index in [0.717, 1.165) is 4.57 Å². The third-order valence-electron chi connectivity index (χ3n) is 2.80. The molecular weight excluding hydrogens is 231 g/mol. The Morgan fingerprint density at radius 3 is 2.94 bits per heavy atom. The normalized spacial score (nSPS) is 28.5. The fraction of sp³-hybridized carbons (Fsp3) is 0.600. The molecule has 1 aromatic heterocycles. The summed E-state index contributed by atoms with van der Waals surface area (Å²) in [4.78, 5) is 24.8. The number of H-pyrrole nitrogens is 1. The van der Waals surface area contributed by atoms with Crippen LogP contribution in [0.25, 0.3) is 0 Å². The Bertz CT molecular complexity index is 524. The second-order valence-electron chi connectivity index (χ2n) is 4.04. The molecule has 2 rings (SSSR count). The number of hydrogen-bond acceptors (Lipinski definition) is 4. The van der Waals surface area contributed by atoms with Crippen LogP contribution in [-0.4, -0.2) is 33.5 Å². The Hall–Kier alpha value is -1.47. The van der Waals surface area contributed by atoms with Gasteiger partial charge in [-0.2, -0.15) is 0 Å². The van der Waals surface area contributed by atoms with Crippen molar-refractivity contribution < 1.29 is 14.2 Å². The molecule has 0 amide bonds. The number of rotatable bonds is 2. The Kier molecular flexibility index (Phi) is 3.12. The summed E-state index contributed by atoms with van der Waals surface area (Å²) in [5.74, 6) is 0. The van der Waals surface area contributed by atoms with E-state index in [1.807, 2.05) is 0 Å². The van der Waals surface area contributed by atoms with Crippen molar-refractivity contribution in [3.05, 3.63) is 32.6 Å². The van der Waals surface area contributed by atoms with E-state index >= 15 is 0 Å². The highest BCUT2D eigenvalue weighted by atomic mass is 19.1. The first-order chi connectivity index (χ1) is 8.02. The molecule has 2 unspecified atom stereocenters. The number of nitrogens with zero attached hydrogens (tertiary/aromatic N) is 1. The fourth-order valence-electron chi connectivity index (χ4n) is 1.82. The Labute approximate surface area is 95.7 Å². The number of hydrogen-bond donors (Lipinski definition) is 2. The predicted molar refractivity (Wildman–Crippen MR) is 56.6 cm³/mol. The Morgan fingerprint density at radius 1 is 1.65 bits per heavy atom. The zero-order valence-corrected chi connectivity index (χ0v) is 9.22. The van der Waals surface area contributed by atoms with Gasteiger partial charge in [-0.05, 0) is 6.92 Å². The highest BCUT2D eigenvalue weighted by Gasteiger charge is 2.36. The molecule has 0 spiro atoms. The molecule has 0 aliphatic carbocycles. The fourth-order valence-corrected chi connectivity index (χ4v) is 1.82. The quantitative estimate of drug-likeness (QED) is 0.732. The molecule has 0 saturated carbocycles. The van der Waals surface area contributed by atoms with Gasteiger partial charge in [0.05, 0.1) is 6.61 Å². The van der Waals surface area contributed by atoms with Crippen molar-refractivity contribution in [2.45, 2.75) is 31.8 Å². The van der Waals surface area contributed by atoms with E-state index in [9.17, 15) is 14.0 Å².